The highest BCUT2D eigenvalue weighted by Crippen LogP contribution is 2.60. The maximum absolute atomic E-state index is 14.3. The summed E-state index contributed by atoms with van der Waals surface area (Å²) in [4.78, 5) is 14.5. The van der Waals surface area contributed by atoms with Crippen LogP contribution in [0.15, 0.2) is 47.8 Å². The van der Waals surface area contributed by atoms with E-state index < -0.39 is 71.6 Å². The molecule has 0 aliphatic carbocycles. The molecular weight excluding hydrogens is 777 g/mol. The number of fused-ring (bicyclic) bond motifs is 1. The molecule has 19 heteroatoms. The Balaban J connectivity index is 2.11. The van der Waals surface area contributed by atoms with Crippen LogP contribution in [-0.4, -0.2) is 71.2 Å². The number of H-pyrrole nitrogens is 1. The Morgan fingerprint density at radius 2 is 1.44 bits per heavy atom. The van der Waals surface area contributed by atoms with Crippen molar-refractivity contribution in [1.29, 1.82) is 0 Å². The fourth-order valence-corrected chi connectivity index (χ4v) is 5.29. The third-order valence-electron chi connectivity index (χ3n) is 7.52. The minimum Gasteiger partial charge on any atom is -0.459 e. The predicted molar refractivity (Wildman–Crippen MR) is 161 cm³/mol. The van der Waals surface area contributed by atoms with E-state index >= 15 is 0 Å². The molecule has 0 aliphatic rings. The number of benzene rings is 1. The first kappa shape index (κ1) is 43.6. The lowest BCUT2D eigenvalue weighted by atomic mass is 9.93. The SMILES string of the molecule is C=CCCOC(CCCC(Br)C(CCCC)OCCC(F)(F)C(F)(F)C(F)(F)C(F)(F)C(F)(F)C(F)(F)F)Oc1cc2ccccc2[nH]c1=O. The Kier molecular flexibility index (Phi) is 15.1. The van der Waals surface area contributed by atoms with Crippen LogP contribution >= 0.6 is 15.9 Å². The van der Waals surface area contributed by atoms with E-state index in [2.05, 4.69) is 27.5 Å². The van der Waals surface area contributed by atoms with Gasteiger partial charge in [-0.25, -0.2) is 0 Å². The van der Waals surface area contributed by atoms with E-state index in [1.807, 2.05) is 0 Å². The van der Waals surface area contributed by atoms with E-state index in [0.717, 1.165) is 0 Å². The van der Waals surface area contributed by atoms with E-state index in [-0.39, 0.29) is 38.0 Å². The second kappa shape index (κ2) is 17.3. The summed E-state index contributed by atoms with van der Waals surface area (Å²) < 4.78 is 192. The van der Waals surface area contributed by atoms with Crippen molar-refractivity contribution in [3.8, 4) is 5.75 Å². The van der Waals surface area contributed by atoms with Gasteiger partial charge in [0.1, 0.15) is 0 Å². The van der Waals surface area contributed by atoms with Crippen LogP contribution in [0.5, 0.6) is 5.75 Å². The second-order valence-electron chi connectivity index (χ2n) is 11.3. The number of rotatable bonds is 22. The average Bonchev–Trinajstić information content (AvgIpc) is 3.01. The summed E-state index contributed by atoms with van der Waals surface area (Å²) in [6.07, 6.45) is -8.31. The molecule has 5 nitrogen and oxygen atoms in total. The number of alkyl halides is 14. The smallest absolute Gasteiger partial charge is 0.459 e. The van der Waals surface area contributed by atoms with Crippen LogP contribution in [0.4, 0.5) is 57.1 Å². The first-order valence-corrected chi connectivity index (χ1v) is 16.1. The second-order valence-corrected chi connectivity index (χ2v) is 12.5. The summed E-state index contributed by atoms with van der Waals surface area (Å²) in [5.74, 6) is -37.2. The molecular formula is C31H35BrF13NO4. The molecule has 2 rings (SSSR count). The van der Waals surface area contributed by atoms with Crippen molar-refractivity contribution in [2.45, 2.75) is 111 Å². The average molecular weight is 813 g/mol. The van der Waals surface area contributed by atoms with Gasteiger partial charge in [-0.15, -0.1) is 6.58 Å². The largest absolute Gasteiger partial charge is 0.460 e. The quantitative estimate of drug-likeness (QED) is 0.0423. The van der Waals surface area contributed by atoms with E-state index in [1.54, 1.807) is 37.3 Å². The van der Waals surface area contributed by atoms with Crippen LogP contribution in [0.3, 0.4) is 0 Å². The molecule has 1 heterocycles. The lowest BCUT2D eigenvalue weighted by molar-refractivity contribution is -0.440. The number of aromatic amines is 1. The highest BCUT2D eigenvalue weighted by Gasteiger charge is 2.90. The Labute approximate surface area is 286 Å². The number of nitrogens with one attached hydrogen (secondary N) is 1. The van der Waals surface area contributed by atoms with E-state index in [9.17, 15) is 61.9 Å². The van der Waals surface area contributed by atoms with Gasteiger partial charge in [-0.3, -0.25) is 4.79 Å². The molecule has 50 heavy (non-hydrogen) atoms. The summed E-state index contributed by atoms with van der Waals surface area (Å²) in [6.45, 7) is 3.99. The zero-order valence-electron chi connectivity index (χ0n) is 26.4. The van der Waals surface area contributed by atoms with Gasteiger partial charge in [-0.05, 0) is 37.8 Å². The summed E-state index contributed by atoms with van der Waals surface area (Å²) in [5.41, 5.74) is 0.0238. The molecule has 286 valence electrons. The molecule has 0 fully saturated rings. The lowest BCUT2D eigenvalue weighted by Gasteiger charge is -2.39. The van der Waals surface area contributed by atoms with Gasteiger partial charge in [-0.1, -0.05) is 60.0 Å². The highest BCUT2D eigenvalue weighted by molar-refractivity contribution is 9.09. The fraction of sp³-hybridized carbons (Fsp3) is 0.645. The van der Waals surface area contributed by atoms with Crippen molar-refractivity contribution in [1.82, 2.24) is 4.98 Å². The summed E-state index contributed by atoms with van der Waals surface area (Å²) in [5, 5.41) is 0.670. The third kappa shape index (κ3) is 9.86. The van der Waals surface area contributed by atoms with Gasteiger partial charge < -0.3 is 19.2 Å². The predicted octanol–water partition coefficient (Wildman–Crippen LogP) is 10.5. The maximum atomic E-state index is 14.3. The number of unbranched alkanes of at least 4 members (excludes halogenated alkanes) is 1. The van der Waals surface area contributed by atoms with Gasteiger partial charge >= 0.3 is 35.8 Å². The minimum absolute atomic E-state index is 0.0463. The van der Waals surface area contributed by atoms with Crippen LogP contribution in [0.1, 0.15) is 58.3 Å². The zero-order chi connectivity index (χ0) is 38.2. The van der Waals surface area contributed by atoms with E-state index in [4.69, 9.17) is 14.2 Å². The zero-order valence-corrected chi connectivity index (χ0v) is 28.0. The van der Waals surface area contributed by atoms with Gasteiger partial charge in [0.05, 0.1) is 19.3 Å². The van der Waals surface area contributed by atoms with Crippen molar-refractivity contribution in [3.05, 3.63) is 53.3 Å². The summed E-state index contributed by atoms with van der Waals surface area (Å²) in [6, 6.07) is 8.41. The molecule has 1 aromatic carbocycles. The van der Waals surface area contributed by atoms with Gasteiger partial charge in [0.2, 0.25) is 0 Å². The van der Waals surface area contributed by atoms with Crippen molar-refractivity contribution >= 4 is 26.8 Å². The maximum Gasteiger partial charge on any atom is 0.460 e. The van der Waals surface area contributed by atoms with Gasteiger partial charge in [0.15, 0.2) is 12.0 Å². The normalized spacial score (nSPS) is 15.6. The first-order valence-electron chi connectivity index (χ1n) is 15.2. The standard InChI is InChI=1S/C31H35BrF13NO4/c1-3-5-13-22(48-17-15-26(33,34)27(35,36)28(37,38)29(39,40)30(41,42)31(43,44)45)20(32)11-9-14-24(49-16-6-4-2)50-23-18-19-10-7-8-12-21(19)46-25(23)47/h4,7-8,10,12,18,20,22,24H,2-3,5-6,9,11,13-17H2,1H3,(H,46,47). The Morgan fingerprint density at radius 1 is 0.820 bits per heavy atom. The number of para-hydroxylation sites is 1. The van der Waals surface area contributed by atoms with Gasteiger partial charge in [-0.2, -0.15) is 57.1 Å². The Hall–Kier alpha value is -2.54. The van der Waals surface area contributed by atoms with Crippen molar-refractivity contribution in [2.75, 3.05) is 13.2 Å². The Bertz CT molecular complexity index is 1440. The molecule has 0 bridgehead atoms. The number of ether oxygens (including phenoxy) is 3. The third-order valence-corrected chi connectivity index (χ3v) is 8.56. The first-order chi connectivity index (χ1) is 23.0. The van der Waals surface area contributed by atoms with Crippen molar-refractivity contribution < 1.29 is 71.3 Å². The molecule has 0 saturated carbocycles. The molecule has 0 aliphatic heterocycles. The molecule has 0 spiro atoms. The summed E-state index contributed by atoms with van der Waals surface area (Å²) >= 11 is 3.29. The highest BCUT2D eigenvalue weighted by atomic mass is 79.9. The Morgan fingerprint density at radius 3 is 2.04 bits per heavy atom. The van der Waals surface area contributed by atoms with Gasteiger partial charge in [0.25, 0.3) is 5.56 Å². The fourth-order valence-electron chi connectivity index (χ4n) is 4.55. The van der Waals surface area contributed by atoms with Crippen LogP contribution in [0.2, 0.25) is 0 Å². The van der Waals surface area contributed by atoms with Gasteiger partial charge in [0, 0.05) is 28.6 Å². The monoisotopic (exact) mass is 811 g/mol. The molecule has 0 amide bonds. The number of pyridine rings is 1. The van der Waals surface area contributed by atoms with Crippen molar-refractivity contribution in [3.63, 3.8) is 0 Å². The van der Waals surface area contributed by atoms with Crippen LogP contribution < -0.4 is 10.3 Å². The molecule has 1 aromatic heterocycles. The number of hydrogen-bond acceptors (Lipinski definition) is 4. The molecule has 1 N–H and O–H groups in total. The van der Waals surface area contributed by atoms with Crippen LogP contribution in [-0.2, 0) is 9.47 Å². The lowest BCUT2D eigenvalue weighted by Crippen LogP contribution is -2.70. The molecule has 3 atom stereocenters. The molecule has 0 saturated heterocycles. The molecule has 2 aromatic rings. The van der Waals surface area contributed by atoms with Crippen molar-refractivity contribution in [2.24, 2.45) is 0 Å². The molecule has 3 unspecified atom stereocenters. The summed E-state index contributed by atoms with van der Waals surface area (Å²) in [7, 11) is 0. The molecule has 0 radical (unpaired) electrons. The minimum atomic E-state index is -7.95. The topological polar surface area (TPSA) is 60.6 Å². The number of hydrogen-bond donors (Lipinski definition) is 1. The van der Waals surface area contributed by atoms with Crippen LogP contribution in [0.25, 0.3) is 10.9 Å². The van der Waals surface area contributed by atoms with Crippen LogP contribution in [0, 0.1) is 0 Å². The number of halogens is 14. The van der Waals surface area contributed by atoms with E-state index in [0.29, 0.717) is 30.2 Å². The van der Waals surface area contributed by atoms with E-state index in [1.165, 1.54) is 6.07 Å². The number of aromatic nitrogens is 1.